The normalized spacial score (nSPS) is 25.3. The van der Waals surface area contributed by atoms with E-state index in [2.05, 4.69) is 5.43 Å². The molecule has 1 aliphatic heterocycles. The first-order valence-corrected chi connectivity index (χ1v) is 8.05. The third-order valence-electron chi connectivity index (χ3n) is 5.14. The third kappa shape index (κ3) is 2.91. The van der Waals surface area contributed by atoms with Crippen LogP contribution in [0.25, 0.3) is 0 Å². The van der Waals surface area contributed by atoms with Gasteiger partial charge in [0.05, 0.1) is 11.3 Å². The number of hydrogen-bond acceptors (Lipinski definition) is 3. The van der Waals surface area contributed by atoms with Gasteiger partial charge in [-0.3, -0.25) is 10.6 Å². The SMILES string of the molecule is Cc1ccc(NN)c(C(=O)N2CCC3CCCCC3C2)c1. The minimum absolute atomic E-state index is 0.121. The number of benzene rings is 1. The second-order valence-electron chi connectivity index (χ2n) is 6.54. The summed E-state index contributed by atoms with van der Waals surface area (Å²) in [6.07, 6.45) is 6.49. The maximum atomic E-state index is 12.8. The predicted octanol–water partition coefficient (Wildman–Crippen LogP) is 2.93. The standard InChI is InChI=1S/C17H25N3O/c1-12-6-7-16(19-18)15(10-12)17(21)20-9-8-13-4-2-3-5-14(13)11-20/h6-7,10,13-14,19H,2-5,8-9,11,18H2,1H3. The second kappa shape index (κ2) is 6.06. The Bertz CT molecular complexity index is 529. The van der Waals surface area contributed by atoms with Crippen LogP contribution in [-0.2, 0) is 0 Å². The smallest absolute Gasteiger partial charge is 0.256 e. The Morgan fingerprint density at radius 1 is 1.24 bits per heavy atom. The van der Waals surface area contributed by atoms with Crippen molar-refractivity contribution in [1.82, 2.24) is 4.90 Å². The lowest BCUT2D eigenvalue weighted by Gasteiger charge is -2.41. The highest BCUT2D eigenvalue weighted by Crippen LogP contribution is 2.36. The van der Waals surface area contributed by atoms with E-state index in [4.69, 9.17) is 5.84 Å². The molecule has 2 aliphatic rings. The Balaban J connectivity index is 1.77. The molecule has 0 aromatic heterocycles. The number of aryl methyl sites for hydroxylation is 1. The van der Waals surface area contributed by atoms with Crippen LogP contribution in [-0.4, -0.2) is 23.9 Å². The molecule has 0 spiro atoms. The zero-order valence-corrected chi connectivity index (χ0v) is 12.8. The van der Waals surface area contributed by atoms with Crippen molar-refractivity contribution in [2.75, 3.05) is 18.5 Å². The highest BCUT2D eigenvalue weighted by molar-refractivity contribution is 5.99. The van der Waals surface area contributed by atoms with Crippen LogP contribution < -0.4 is 11.3 Å². The maximum absolute atomic E-state index is 12.8. The van der Waals surface area contributed by atoms with E-state index in [-0.39, 0.29) is 5.91 Å². The lowest BCUT2D eigenvalue weighted by Crippen LogP contribution is -2.45. The molecule has 1 aromatic carbocycles. The lowest BCUT2D eigenvalue weighted by atomic mass is 9.75. The number of amides is 1. The van der Waals surface area contributed by atoms with E-state index in [1.807, 2.05) is 30.0 Å². The van der Waals surface area contributed by atoms with Gasteiger partial charge in [0.15, 0.2) is 0 Å². The molecule has 0 bridgehead atoms. The molecule has 1 heterocycles. The quantitative estimate of drug-likeness (QED) is 0.649. The Hall–Kier alpha value is -1.55. The summed E-state index contributed by atoms with van der Waals surface area (Å²) in [6.45, 7) is 3.81. The Morgan fingerprint density at radius 3 is 2.76 bits per heavy atom. The van der Waals surface area contributed by atoms with Crippen molar-refractivity contribution in [1.29, 1.82) is 0 Å². The molecule has 3 rings (SSSR count). The Morgan fingerprint density at radius 2 is 2.00 bits per heavy atom. The van der Waals surface area contributed by atoms with Crippen LogP contribution in [0.15, 0.2) is 18.2 Å². The van der Waals surface area contributed by atoms with E-state index in [1.165, 1.54) is 25.7 Å². The van der Waals surface area contributed by atoms with Gasteiger partial charge in [0.1, 0.15) is 0 Å². The van der Waals surface area contributed by atoms with Gasteiger partial charge in [-0.2, -0.15) is 0 Å². The van der Waals surface area contributed by atoms with Gasteiger partial charge >= 0.3 is 0 Å². The van der Waals surface area contributed by atoms with Crippen molar-refractivity contribution < 1.29 is 4.79 Å². The molecule has 3 N–H and O–H groups in total. The number of carbonyl (C=O) groups excluding carboxylic acids is 1. The summed E-state index contributed by atoms with van der Waals surface area (Å²) in [5.41, 5.74) is 5.16. The fourth-order valence-electron chi connectivity index (χ4n) is 3.92. The number of piperidine rings is 1. The van der Waals surface area contributed by atoms with E-state index in [9.17, 15) is 4.79 Å². The first-order valence-electron chi connectivity index (χ1n) is 8.05. The van der Waals surface area contributed by atoms with Crippen LogP contribution in [0, 0.1) is 18.8 Å². The van der Waals surface area contributed by atoms with Crippen LogP contribution in [0.3, 0.4) is 0 Å². The number of rotatable bonds is 2. The Labute approximate surface area is 126 Å². The van der Waals surface area contributed by atoms with Crippen LogP contribution in [0.2, 0.25) is 0 Å². The molecule has 2 atom stereocenters. The molecule has 1 aromatic rings. The molecular formula is C17H25N3O. The number of carbonyl (C=O) groups is 1. The van der Waals surface area contributed by atoms with Crippen LogP contribution in [0.4, 0.5) is 5.69 Å². The minimum Gasteiger partial charge on any atom is -0.338 e. The van der Waals surface area contributed by atoms with Gasteiger partial charge in [-0.05, 0) is 43.7 Å². The second-order valence-corrected chi connectivity index (χ2v) is 6.54. The summed E-state index contributed by atoms with van der Waals surface area (Å²) in [7, 11) is 0. The van der Waals surface area contributed by atoms with E-state index >= 15 is 0 Å². The minimum atomic E-state index is 0.121. The monoisotopic (exact) mass is 287 g/mol. The predicted molar refractivity (Wildman–Crippen MR) is 85.0 cm³/mol. The number of anilines is 1. The molecule has 2 unspecified atom stereocenters. The highest BCUT2D eigenvalue weighted by Gasteiger charge is 2.33. The molecule has 114 valence electrons. The van der Waals surface area contributed by atoms with Crippen molar-refractivity contribution in [3.8, 4) is 0 Å². The van der Waals surface area contributed by atoms with Crippen LogP contribution in [0.5, 0.6) is 0 Å². The number of fused-ring (bicyclic) bond motifs is 1. The summed E-state index contributed by atoms with van der Waals surface area (Å²) in [4.78, 5) is 14.9. The summed E-state index contributed by atoms with van der Waals surface area (Å²) >= 11 is 0. The fraction of sp³-hybridized carbons (Fsp3) is 0.588. The van der Waals surface area contributed by atoms with E-state index < -0.39 is 0 Å². The van der Waals surface area contributed by atoms with Crippen molar-refractivity contribution in [2.24, 2.45) is 17.7 Å². The Kier molecular flexibility index (Phi) is 4.15. The van der Waals surface area contributed by atoms with E-state index in [0.717, 1.165) is 36.7 Å². The highest BCUT2D eigenvalue weighted by atomic mass is 16.2. The van der Waals surface area contributed by atoms with Gasteiger partial charge in [0, 0.05) is 13.1 Å². The molecule has 0 radical (unpaired) electrons. The molecule has 21 heavy (non-hydrogen) atoms. The number of hydrogen-bond donors (Lipinski definition) is 2. The number of nitrogen functional groups attached to an aromatic ring is 1. The topological polar surface area (TPSA) is 58.4 Å². The summed E-state index contributed by atoms with van der Waals surface area (Å²) in [6, 6.07) is 5.79. The molecule has 1 saturated carbocycles. The molecule has 1 saturated heterocycles. The van der Waals surface area contributed by atoms with Gasteiger partial charge in [-0.15, -0.1) is 0 Å². The third-order valence-corrected chi connectivity index (χ3v) is 5.14. The summed E-state index contributed by atoms with van der Waals surface area (Å²) in [5.74, 6) is 7.22. The zero-order valence-electron chi connectivity index (χ0n) is 12.8. The van der Waals surface area contributed by atoms with Crippen molar-refractivity contribution >= 4 is 11.6 Å². The van der Waals surface area contributed by atoms with Gasteiger partial charge in [-0.25, -0.2) is 0 Å². The molecule has 4 nitrogen and oxygen atoms in total. The largest absolute Gasteiger partial charge is 0.338 e. The average molecular weight is 287 g/mol. The zero-order chi connectivity index (χ0) is 14.8. The van der Waals surface area contributed by atoms with Crippen LogP contribution >= 0.6 is 0 Å². The number of nitrogens with two attached hydrogens (primary N) is 1. The van der Waals surface area contributed by atoms with Gasteiger partial charge < -0.3 is 10.3 Å². The number of likely N-dealkylation sites (tertiary alicyclic amines) is 1. The van der Waals surface area contributed by atoms with Crippen LogP contribution in [0.1, 0.15) is 48.0 Å². The summed E-state index contributed by atoms with van der Waals surface area (Å²) in [5, 5.41) is 0. The average Bonchev–Trinajstić information content (AvgIpc) is 2.53. The maximum Gasteiger partial charge on any atom is 0.256 e. The van der Waals surface area contributed by atoms with Crippen molar-refractivity contribution in [3.63, 3.8) is 0 Å². The van der Waals surface area contributed by atoms with E-state index in [1.54, 1.807) is 0 Å². The van der Waals surface area contributed by atoms with Crippen molar-refractivity contribution in [3.05, 3.63) is 29.3 Å². The van der Waals surface area contributed by atoms with Gasteiger partial charge in [0.2, 0.25) is 0 Å². The van der Waals surface area contributed by atoms with Gasteiger partial charge in [0.25, 0.3) is 5.91 Å². The fourth-order valence-corrected chi connectivity index (χ4v) is 3.92. The summed E-state index contributed by atoms with van der Waals surface area (Å²) < 4.78 is 0. The molecule has 1 amide bonds. The van der Waals surface area contributed by atoms with Gasteiger partial charge in [-0.1, -0.05) is 30.9 Å². The molecule has 2 fully saturated rings. The van der Waals surface area contributed by atoms with Crippen molar-refractivity contribution in [2.45, 2.75) is 39.0 Å². The van der Waals surface area contributed by atoms with E-state index in [0.29, 0.717) is 11.5 Å². The first-order chi connectivity index (χ1) is 10.2. The number of nitrogens with zero attached hydrogens (tertiary/aromatic N) is 1. The number of hydrazine groups is 1. The molecule has 4 heteroatoms. The molecule has 1 aliphatic carbocycles. The lowest BCUT2D eigenvalue weighted by molar-refractivity contribution is 0.0521. The molecular weight excluding hydrogens is 262 g/mol. The number of nitrogens with one attached hydrogen (secondary N) is 1. The first kappa shape index (κ1) is 14.4.